The van der Waals surface area contributed by atoms with Crippen LogP contribution in [0.4, 0.5) is 17.1 Å². The van der Waals surface area contributed by atoms with Crippen LogP contribution in [0, 0.1) is 17.0 Å². The van der Waals surface area contributed by atoms with Crippen molar-refractivity contribution in [1.82, 2.24) is 0 Å². The van der Waals surface area contributed by atoms with Gasteiger partial charge in [-0.2, -0.15) is 0 Å². The predicted molar refractivity (Wildman–Crippen MR) is 89.6 cm³/mol. The lowest BCUT2D eigenvalue weighted by Crippen LogP contribution is -2.17. The van der Waals surface area contributed by atoms with Crippen molar-refractivity contribution in [2.24, 2.45) is 0 Å². The molecule has 0 fully saturated rings. The van der Waals surface area contributed by atoms with Crippen LogP contribution in [0.15, 0.2) is 42.5 Å². The van der Waals surface area contributed by atoms with Gasteiger partial charge < -0.3 is 4.90 Å². The summed E-state index contributed by atoms with van der Waals surface area (Å²) in [4.78, 5) is 13.0. The number of anilines is 2. The summed E-state index contributed by atoms with van der Waals surface area (Å²) in [6.07, 6.45) is 0. The molecule has 0 aromatic heterocycles. The van der Waals surface area contributed by atoms with Gasteiger partial charge in [0.05, 0.1) is 4.92 Å². The Balaban J connectivity index is 2.54. The summed E-state index contributed by atoms with van der Waals surface area (Å²) in [6.45, 7) is 4.67. The van der Waals surface area contributed by atoms with E-state index in [2.05, 4.69) is 15.9 Å². The van der Waals surface area contributed by atoms with Gasteiger partial charge in [-0.1, -0.05) is 34.1 Å². The zero-order chi connectivity index (χ0) is 15.4. The average Bonchev–Trinajstić information content (AvgIpc) is 2.48. The maximum absolute atomic E-state index is 11.4. The molecule has 0 radical (unpaired) electrons. The van der Waals surface area contributed by atoms with Gasteiger partial charge in [-0.15, -0.1) is 0 Å². The monoisotopic (exact) mass is 348 g/mol. The van der Waals surface area contributed by atoms with Crippen LogP contribution in [-0.4, -0.2) is 11.5 Å². The highest BCUT2D eigenvalue weighted by atomic mass is 79.9. The standard InChI is InChI=1S/C16H17BrN2O2/c1-3-18(14-6-4-5-12(2)9-14)15-8-7-13(11-17)10-16(15)19(20)21/h4-10H,3,11H2,1-2H3. The van der Waals surface area contributed by atoms with Crippen molar-refractivity contribution < 1.29 is 4.92 Å². The van der Waals surface area contributed by atoms with Gasteiger partial charge in [-0.3, -0.25) is 10.1 Å². The Morgan fingerprint density at radius 1 is 1.24 bits per heavy atom. The first-order valence-corrected chi connectivity index (χ1v) is 7.86. The van der Waals surface area contributed by atoms with Crippen LogP contribution in [0.3, 0.4) is 0 Å². The molecule has 0 saturated heterocycles. The molecule has 4 nitrogen and oxygen atoms in total. The van der Waals surface area contributed by atoms with E-state index in [1.54, 1.807) is 6.07 Å². The lowest BCUT2D eigenvalue weighted by Gasteiger charge is -2.23. The molecule has 0 unspecified atom stereocenters. The summed E-state index contributed by atoms with van der Waals surface area (Å²) >= 11 is 3.34. The maximum atomic E-state index is 11.4. The molecule has 0 aliphatic heterocycles. The highest BCUT2D eigenvalue weighted by Gasteiger charge is 2.20. The number of benzene rings is 2. The van der Waals surface area contributed by atoms with Gasteiger partial charge in [0.15, 0.2) is 0 Å². The minimum atomic E-state index is -0.319. The van der Waals surface area contributed by atoms with Gasteiger partial charge >= 0.3 is 0 Å². The normalized spacial score (nSPS) is 10.4. The van der Waals surface area contributed by atoms with Gasteiger partial charge in [0.1, 0.15) is 5.69 Å². The van der Waals surface area contributed by atoms with E-state index in [1.807, 2.05) is 55.1 Å². The summed E-state index contributed by atoms with van der Waals surface area (Å²) in [5.41, 5.74) is 3.75. The van der Waals surface area contributed by atoms with Gasteiger partial charge in [-0.25, -0.2) is 0 Å². The van der Waals surface area contributed by atoms with Crippen molar-refractivity contribution in [2.75, 3.05) is 11.4 Å². The Hall–Kier alpha value is -1.88. The molecular weight excluding hydrogens is 332 g/mol. The second-order valence-corrected chi connectivity index (χ2v) is 5.36. The largest absolute Gasteiger partial charge is 0.336 e. The fourth-order valence-electron chi connectivity index (χ4n) is 2.31. The summed E-state index contributed by atoms with van der Waals surface area (Å²) in [5, 5.41) is 12.0. The molecule has 0 N–H and O–H groups in total. The fourth-order valence-corrected chi connectivity index (χ4v) is 2.66. The number of alkyl halides is 1. The smallest absolute Gasteiger partial charge is 0.293 e. The molecule has 21 heavy (non-hydrogen) atoms. The maximum Gasteiger partial charge on any atom is 0.293 e. The third-order valence-electron chi connectivity index (χ3n) is 3.31. The molecule has 0 heterocycles. The summed E-state index contributed by atoms with van der Waals surface area (Å²) in [7, 11) is 0. The van der Waals surface area contributed by atoms with E-state index in [1.165, 1.54) is 0 Å². The fraction of sp³-hybridized carbons (Fsp3) is 0.250. The van der Waals surface area contributed by atoms with E-state index < -0.39 is 0 Å². The Kier molecular flexibility index (Phi) is 4.96. The van der Waals surface area contributed by atoms with E-state index in [4.69, 9.17) is 0 Å². The molecule has 2 aromatic rings. The van der Waals surface area contributed by atoms with Crippen molar-refractivity contribution in [1.29, 1.82) is 0 Å². The Bertz CT molecular complexity index is 658. The lowest BCUT2D eigenvalue weighted by molar-refractivity contribution is -0.384. The minimum absolute atomic E-state index is 0.135. The molecule has 0 amide bonds. The summed E-state index contributed by atoms with van der Waals surface area (Å²) < 4.78 is 0. The minimum Gasteiger partial charge on any atom is -0.336 e. The number of nitrogens with zero attached hydrogens (tertiary/aromatic N) is 2. The highest BCUT2D eigenvalue weighted by Crippen LogP contribution is 2.34. The van der Waals surface area contributed by atoms with E-state index in [-0.39, 0.29) is 10.6 Å². The van der Waals surface area contributed by atoms with Gasteiger partial charge in [0, 0.05) is 23.6 Å². The molecule has 110 valence electrons. The number of hydrogen-bond acceptors (Lipinski definition) is 3. The second kappa shape index (κ2) is 6.72. The molecule has 2 rings (SSSR count). The number of nitro benzene ring substituents is 1. The molecular formula is C16H17BrN2O2. The van der Waals surface area contributed by atoms with Crippen molar-refractivity contribution >= 4 is 33.0 Å². The average molecular weight is 349 g/mol. The predicted octanol–water partition coefficient (Wildman–Crippen LogP) is 4.96. The van der Waals surface area contributed by atoms with E-state index in [0.717, 1.165) is 16.8 Å². The van der Waals surface area contributed by atoms with Crippen LogP contribution >= 0.6 is 15.9 Å². The number of aryl methyl sites for hydroxylation is 1. The van der Waals surface area contributed by atoms with Gasteiger partial charge in [0.2, 0.25) is 0 Å². The first-order chi connectivity index (χ1) is 10.1. The highest BCUT2D eigenvalue weighted by molar-refractivity contribution is 9.08. The molecule has 0 bridgehead atoms. The van der Waals surface area contributed by atoms with E-state index in [0.29, 0.717) is 17.6 Å². The molecule has 2 aromatic carbocycles. The first kappa shape index (κ1) is 15.5. The number of nitro groups is 1. The third kappa shape index (κ3) is 3.42. The first-order valence-electron chi connectivity index (χ1n) is 6.74. The molecule has 0 saturated carbocycles. The number of rotatable bonds is 5. The van der Waals surface area contributed by atoms with Crippen molar-refractivity contribution in [3.05, 3.63) is 63.7 Å². The number of hydrogen-bond donors (Lipinski definition) is 0. The lowest BCUT2D eigenvalue weighted by atomic mass is 10.1. The topological polar surface area (TPSA) is 46.4 Å². The Morgan fingerprint density at radius 2 is 2.00 bits per heavy atom. The molecule has 0 spiro atoms. The zero-order valence-electron chi connectivity index (χ0n) is 12.0. The Morgan fingerprint density at radius 3 is 2.57 bits per heavy atom. The van der Waals surface area contributed by atoms with Crippen LogP contribution in [-0.2, 0) is 5.33 Å². The third-order valence-corrected chi connectivity index (χ3v) is 3.96. The Labute approximate surface area is 132 Å². The van der Waals surface area contributed by atoms with Crippen LogP contribution < -0.4 is 4.90 Å². The molecule has 0 aliphatic carbocycles. The molecule has 0 aliphatic rings. The molecule has 0 atom stereocenters. The summed E-state index contributed by atoms with van der Waals surface area (Å²) in [6, 6.07) is 13.3. The SMILES string of the molecule is CCN(c1cccc(C)c1)c1ccc(CBr)cc1[N+](=O)[O-]. The van der Waals surface area contributed by atoms with Crippen molar-refractivity contribution in [3.8, 4) is 0 Å². The van der Waals surface area contributed by atoms with Crippen LogP contribution in [0.1, 0.15) is 18.1 Å². The second-order valence-electron chi connectivity index (χ2n) is 4.80. The number of halogens is 1. The van der Waals surface area contributed by atoms with Crippen LogP contribution in [0.25, 0.3) is 0 Å². The quantitative estimate of drug-likeness (QED) is 0.436. The zero-order valence-corrected chi connectivity index (χ0v) is 13.6. The van der Waals surface area contributed by atoms with Gasteiger partial charge in [-0.05, 0) is 43.2 Å². The van der Waals surface area contributed by atoms with E-state index >= 15 is 0 Å². The van der Waals surface area contributed by atoms with Crippen molar-refractivity contribution in [2.45, 2.75) is 19.2 Å². The summed E-state index contributed by atoms with van der Waals surface area (Å²) in [5.74, 6) is 0. The van der Waals surface area contributed by atoms with Crippen molar-refractivity contribution in [3.63, 3.8) is 0 Å². The van der Waals surface area contributed by atoms with Gasteiger partial charge in [0.25, 0.3) is 5.69 Å². The van der Waals surface area contributed by atoms with Crippen LogP contribution in [0.5, 0.6) is 0 Å². The molecule has 5 heteroatoms. The van der Waals surface area contributed by atoms with E-state index in [9.17, 15) is 10.1 Å². The van der Waals surface area contributed by atoms with Crippen LogP contribution in [0.2, 0.25) is 0 Å².